The summed E-state index contributed by atoms with van der Waals surface area (Å²) in [5.74, 6) is 0.990. The average molecular weight is 229 g/mol. The molecule has 2 unspecified atom stereocenters. The van der Waals surface area contributed by atoms with Crippen molar-refractivity contribution in [2.24, 2.45) is 5.92 Å². The SMILES string of the molecule is c1cncc(N2CCC3(C[C@@H]4CCN3C4)C2)c1. The Balaban J connectivity index is 1.57. The molecule has 3 aliphatic rings. The number of anilines is 1. The first kappa shape index (κ1) is 9.89. The quantitative estimate of drug-likeness (QED) is 0.731. The summed E-state index contributed by atoms with van der Waals surface area (Å²) in [6, 6.07) is 4.23. The molecular weight excluding hydrogens is 210 g/mol. The highest BCUT2D eigenvalue weighted by Gasteiger charge is 2.52. The zero-order valence-corrected chi connectivity index (χ0v) is 10.2. The van der Waals surface area contributed by atoms with Crippen molar-refractivity contribution < 1.29 is 0 Å². The average Bonchev–Trinajstić information content (AvgIpc) is 3.06. The molecule has 3 fully saturated rings. The molecule has 3 saturated heterocycles. The van der Waals surface area contributed by atoms with E-state index in [2.05, 4.69) is 20.9 Å². The number of fused-ring (bicyclic) bond motifs is 3. The van der Waals surface area contributed by atoms with E-state index in [1.807, 2.05) is 18.5 Å². The lowest BCUT2D eigenvalue weighted by Crippen LogP contribution is -2.46. The Kier molecular flexibility index (Phi) is 2.01. The van der Waals surface area contributed by atoms with Gasteiger partial charge in [-0.25, -0.2) is 0 Å². The second-order valence-electron chi connectivity index (χ2n) is 5.91. The molecule has 3 nitrogen and oxygen atoms in total. The second kappa shape index (κ2) is 3.45. The molecule has 0 N–H and O–H groups in total. The van der Waals surface area contributed by atoms with Gasteiger partial charge in [0.15, 0.2) is 0 Å². The van der Waals surface area contributed by atoms with E-state index in [1.54, 1.807) is 0 Å². The molecule has 1 spiro atoms. The Bertz CT molecular complexity index is 419. The van der Waals surface area contributed by atoms with Crippen LogP contribution in [-0.4, -0.2) is 41.6 Å². The normalized spacial score (nSPS) is 39.4. The highest BCUT2D eigenvalue weighted by molar-refractivity contribution is 5.46. The lowest BCUT2D eigenvalue weighted by atomic mass is 9.87. The van der Waals surface area contributed by atoms with E-state index in [4.69, 9.17) is 0 Å². The van der Waals surface area contributed by atoms with Gasteiger partial charge < -0.3 is 4.90 Å². The summed E-state index contributed by atoms with van der Waals surface area (Å²) < 4.78 is 0. The number of pyridine rings is 1. The van der Waals surface area contributed by atoms with E-state index >= 15 is 0 Å². The predicted molar refractivity (Wildman–Crippen MR) is 68.1 cm³/mol. The first-order valence-electron chi connectivity index (χ1n) is 6.76. The summed E-state index contributed by atoms with van der Waals surface area (Å²) in [5, 5.41) is 0. The van der Waals surface area contributed by atoms with Crippen LogP contribution in [-0.2, 0) is 0 Å². The summed E-state index contributed by atoms with van der Waals surface area (Å²) in [6.45, 7) is 5.12. The minimum atomic E-state index is 0.513. The smallest absolute Gasteiger partial charge is 0.0553 e. The topological polar surface area (TPSA) is 19.4 Å². The van der Waals surface area contributed by atoms with Crippen molar-refractivity contribution in [2.75, 3.05) is 31.1 Å². The van der Waals surface area contributed by atoms with Crippen LogP contribution in [0.25, 0.3) is 0 Å². The van der Waals surface area contributed by atoms with Crippen LogP contribution in [0.3, 0.4) is 0 Å². The van der Waals surface area contributed by atoms with E-state index in [0.717, 1.165) is 5.92 Å². The molecule has 3 aliphatic heterocycles. The maximum absolute atomic E-state index is 4.24. The van der Waals surface area contributed by atoms with Crippen LogP contribution in [0, 0.1) is 5.92 Å². The van der Waals surface area contributed by atoms with Crippen LogP contribution < -0.4 is 4.90 Å². The number of rotatable bonds is 1. The fourth-order valence-electron chi connectivity index (χ4n) is 4.14. The summed E-state index contributed by atoms with van der Waals surface area (Å²) in [7, 11) is 0. The van der Waals surface area contributed by atoms with Gasteiger partial charge in [0.1, 0.15) is 0 Å². The summed E-state index contributed by atoms with van der Waals surface area (Å²) in [5.41, 5.74) is 1.81. The van der Waals surface area contributed by atoms with Crippen molar-refractivity contribution in [1.29, 1.82) is 0 Å². The number of aromatic nitrogens is 1. The van der Waals surface area contributed by atoms with Gasteiger partial charge in [0.05, 0.1) is 11.9 Å². The van der Waals surface area contributed by atoms with Gasteiger partial charge in [-0.3, -0.25) is 9.88 Å². The Morgan fingerprint density at radius 2 is 2.35 bits per heavy atom. The lowest BCUT2D eigenvalue weighted by Gasteiger charge is -2.36. The van der Waals surface area contributed by atoms with Crippen molar-refractivity contribution in [1.82, 2.24) is 9.88 Å². The van der Waals surface area contributed by atoms with E-state index < -0.39 is 0 Å². The molecule has 0 aliphatic carbocycles. The molecule has 4 rings (SSSR count). The van der Waals surface area contributed by atoms with Crippen LogP contribution in [0.4, 0.5) is 5.69 Å². The molecule has 3 heteroatoms. The minimum absolute atomic E-state index is 0.513. The minimum Gasteiger partial charge on any atom is -0.368 e. The van der Waals surface area contributed by atoms with Gasteiger partial charge in [-0.2, -0.15) is 0 Å². The Morgan fingerprint density at radius 1 is 1.35 bits per heavy atom. The molecule has 0 amide bonds. The first-order valence-corrected chi connectivity index (χ1v) is 6.76. The van der Waals surface area contributed by atoms with Gasteiger partial charge >= 0.3 is 0 Å². The van der Waals surface area contributed by atoms with Gasteiger partial charge in [0.25, 0.3) is 0 Å². The zero-order chi connectivity index (χ0) is 11.3. The highest BCUT2D eigenvalue weighted by atomic mass is 15.3. The molecule has 0 saturated carbocycles. The summed E-state index contributed by atoms with van der Waals surface area (Å²) in [6.07, 6.45) is 8.08. The molecule has 17 heavy (non-hydrogen) atoms. The van der Waals surface area contributed by atoms with E-state index in [1.165, 1.54) is 51.1 Å². The van der Waals surface area contributed by atoms with Crippen LogP contribution in [0.2, 0.25) is 0 Å². The van der Waals surface area contributed by atoms with Gasteiger partial charge in [0, 0.05) is 31.4 Å². The molecule has 4 heterocycles. The molecule has 1 aromatic rings. The predicted octanol–water partition coefficient (Wildman–Crippen LogP) is 1.76. The number of hydrogen-bond acceptors (Lipinski definition) is 3. The molecule has 1 aromatic heterocycles. The largest absolute Gasteiger partial charge is 0.368 e. The van der Waals surface area contributed by atoms with Crippen LogP contribution in [0.5, 0.6) is 0 Å². The van der Waals surface area contributed by atoms with E-state index in [0.29, 0.717) is 5.54 Å². The molecule has 90 valence electrons. The molecule has 3 atom stereocenters. The van der Waals surface area contributed by atoms with Crippen molar-refractivity contribution in [3.8, 4) is 0 Å². The monoisotopic (exact) mass is 229 g/mol. The Morgan fingerprint density at radius 3 is 3.06 bits per heavy atom. The van der Waals surface area contributed by atoms with Gasteiger partial charge in [-0.15, -0.1) is 0 Å². The van der Waals surface area contributed by atoms with Crippen LogP contribution in [0.15, 0.2) is 24.5 Å². The van der Waals surface area contributed by atoms with E-state index in [-0.39, 0.29) is 0 Å². The zero-order valence-electron chi connectivity index (χ0n) is 10.2. The van der Waals surface area contributed by atoms with Gasteiger partial charge in [0.2, 0.25) is 0 Å². The maximum atomic E-state index is 4.24. The van der Waals surface area contributed by atoms with Gasteiger partial charge in [-0.05, 0) is 43.9 Å². The Hall–Kier alpha value is -1.09. The van der Waals surface area contributed by atoms with Crippen molar-refractivity contribution in [3.05, 3.63) is 24.5 Å². The third kappa shape index (κ3) is 1.41. The number of piperidine rings is 1. The fourth-order valence-corrected chi connectivity index (χ4v) is 4.14. The van der Waals surface area contributed by atoms with E-state index in [9.17, 15) is 0 Å². The summed E-state index contributed by atoms with van der Waals surface area (Å²) in [4.78, 5) is 9.52. The van der Waals surface area contributed by atoms with Crippen molar-refractivity contribution in [3.63, 3.8) is 0 Å². The molecular formula is C14H19N3. The van der Waals surface area contributed by atoms with Crippen molar-refractivity contribution in [2.45, 2.75) is 24.8 Å². The summed E-state index contributed by atoms with van der Waals surface area (Å²) >= 11 is 0. The third-order valence-corrected chi connectivity index (χ3v) is 4.97. The lowest BCUT2D eigenvalue weighted by molar-refractivity contribution is 0.155. The second-order valence-corrected chi connectivity index (χ2v) is 5.91. The standard InChI is InChI=1S/C14H19N3/c1-2-13(9-15-5-1)16-7-4-14(11-16)8-12-3-6-17(14)10-12/h1-2,5,9,12H,3-4,6-8,10-11H2/t12-,14?/m0/s1. The third-order valence-electron chi connectivity index (χ3n) is 4.97. The van der Waals surface area contributed by atoms with Gasteiger partial charge in [-0.1, -0.05) is 0 Å². The first-order chi connectivity index (χ1) is 8.36. The van der Waals surface area contributed by atoms with Crippen LogP contribution >= 0.6 is 0 Å². The fraction of sp³-hybridized carbons (Fsp3) is 0.643. The molecule has 0 radical (unpaired) electrons. The Labute approximate surface area is 102 Å². The maximum Gasteiger partial charge on any atom is 0.0553 e. The molecule has 2 bridgehead atoms. The number of hydrogen-bond donors (Lipinski definition) is 0. The van der Waals surface area contributed by atoms with Crippen LogP contribution in [0.1, 0.15) is 19.3 Å². The van der Waals surface area contributed by atoms with Crippen molar-refractivity contribution >= 4 is 5.69 Å². The highest BCUT2D eigenvalue weighted by Crippen LogP contribution is 2.46. The molecule has 0 aromatic carbocycles. The number of nitrogens with zero attached hydrogens (tertiary/aromatic N) is 3.